The molecule has 0 bridgehead atoms. The van der Waals surface area contributed by atoms with E-state index in [9.17, 15) is 4.79 Å². The van der Waals surface area contributed by atoms with E-state index in [0.717, 1.165) is 11.3 Å². The van der Waals surface area contributed by atoms with Crippen molar-refractivity contribution in [2.75, 3.05) is 5.43 Å². The molecule has 60 valence electrons. The van der Waals surface area contributed by atoms with Gasteiger partial charge in [0, 0.05) is 0 Å². The molecule has 6 heteroatoms. The number of anilines is 1. The van der Waals surface area contributed by atoms with Gasteiger partial charge in [-0.2, -0.15) is 0 Å². The van der Waals surface area contributed by atoms with Crippen molar-refractivity contribution in [1.82, 2.24) is 4.98 Å². The van der Waals surface area contributed by atoms with E-state index in [2.05, 4.69) is 10.4 Å². The van der Waals surface area contributed by atoms with Crippen LogP contribution < -0.4 is 11.3 Å². The zero-order valence-electron chi connectivity index (χ0n) is 5.79. The van der Waals surface area contributed by atoms with E-state index in [1.807, 2.05) is 0 Å². The van der Waals surface area contributed by atoms with Crippen molar-refractivity contribution in [2.24, 2.45) is 5.84 Å². The quantitative estimate of drug-likeness (QED) is 0.446. The predicted octanol–water partition coefficient (Wildman–Crippen LogP) is 0.435. The number of carboxylic acid groups (broad SMARTS) is 1. The summed E-state index contributed by atoms with van der Waals surface area (Å²) in [5.41, 5.74) is 2.77. The van der Waals surface area contributed by atoms with Crippen LogP contribution >= 0.6 is 11.3 Å². The highest BCUT2D eigenvalue weighted by Gasteiger charge is 2.12. The average Bonchev–Trinajstić information content (AvgIpc) is 2.30. The number of aromatic nitrogens is 1. The predicted molar refractivity (Wildman–Crippen MR) is 41.6 cm³/mol. The van der Waals surface area contributed by atoms with E-state index in [1.54, 1.807) is 6.92 Å². The Balaban J connectivity index is 3.07. The summed E-state index contributed by atoms with van der Waals surface area (Å²) in [6.45, 7) is 1.63. The lowest BCUT2D eigenvalue weighted by Gasteiger charge is -1.85. The van der Waals surface area contributed by atoms with E-state index >= 15 is 0 Å². The summed E-state index contributed by atoms with van der Waals surface area (Å²) < 4.78 is 0. The lowest BCUT2D eigenvalue weighted by atomic mass is 10.4. The first kappa shape index (κ1) is 7.96. The summed E-state index contributed by atoms with van der Waals surface area (Å²) in [6.07, 6.45) is 0. The first-order chi connectivity index (χ1) is 5.15. The highest BCUT2D eigenvalue weighted by molar-refractivity contribution is 7.17. The Labute approximate surface area is 66.8 Å². The van der Waals surface area contributed by atoms with Crippen LogP contribution in [-0.4, -0.2) is 16.1 Å². The van der Waals surface area contributed by atoms with Gasteiger partial charge in [0.05, 0.1) is 5.69 Å². The molecule has 0 unspecified atom stereocenters. The fourth-order valence-electron chi connectivity index (χ4n) is 0.657. The van der Waals surface area contributed by atoms with E-state index in [0.29, 0.717) is 10.8 Å². The minimum absolute atomic E-state index is 0.220. The molecule has 0 fully saturated rings. The second-order valence-corrected chi connectivity index (χ2v) is 2.88. The van der Waals surface area contributed by atoms with Gasteiger partial charge < -0.3 is 5.11 Å². The van der Waals surface area contributed by atoms with Gasteiger partial charge in [-0.15, -0.1) is 0 Å². The summed E-state index contributed by atoms with van der Waals surface area (Å²) in [5, 5.41) is 8.99. The van der Waals surface area contributed by atoms with Gasteiger partial charge in [-0.1, -0.05) is 11.3 Å². The van der Waals surface area contributed by atoms with Gasteiger partial charge in [0.25, 0.3) is 0 Å². The zero-order valence-corrected chi connectivity index (χ0v) is 6.60. The highest BCUT2D eigenvalue weighted by atomic mass is 32.1. The number of rotatable bonds is 2. The van der Waals surface area contributed by atoms with Gasteiger partial charge in [0.1, 0.15) is 4.88 Å². The van der Waals surface area contributed by atoms with E-state index in [1.165, 1.54) is 0 Å². The molecule has 0 aliphatic rings. The molecule has 0 aliphatic heterocycles. The lowest BCUT2D eigenvalue weighted by molar-refractivity contribution is 0.0701. The van der Waals surface area contributed by atoms with E-state index in [4.69, 9.17) is 10.9 Å². The Bertz CT molecular complexity index is 283. The number of nitrogens with one attached hydrogen (secondary N) is 1. The number of carbonyl (C=O) groups is 1. The summed E-state index contributed by atoms with van der Waals surface area (Å²) in [4.78, 5) is 14.5. The molecular formula is C5H7N3O2S. The third-order valence-electron chi connectivity index (χ3n) is 1.11. The van der Waals surface area contributed by atoms with E-state index in [-0.39, 0.29) is 4.88 Å². The molecule has 0 saturated carbocycles. The van der Waals surface area contributed by atoms with Crippen molar-refractivity contribution < 1.29 is 9.90 Å². The molecule has 0 saturated heterocycles. The third-order valence-corrected chi connectivity index (χ3v) is 2.19. The van der Waals surface area contributed by atoms with Gasteiger partial charge in [-0.3, -0.25) is 5.43 Å². The molecule has 0 amide bonds. The van der Waals surface area contributed by atoms with Crippen molar-refractivity contribution in [3.8, 4) is 0 Å². The monoisotopic (exact) mass is 173 g/mol. The molecule has 5 nitrogen and oxygen atoms in total. The second kappa shape index (κ2) is 2.85. The van der Waals surface area contributed by atoms with Crippen molar-refractivity contribution in [3.05, 3.63) is 10.6 Å². The van der Waals surface area contributed by atoms with Crippen LogP contribution in [0.3, 0.4) is 0 Å². The molecule has 0 radical (unpaired) electrons. The first-order valence-electron chi connectivity index (χ1n) is 2.82. The lowest BCUT2D eigenvalue weighted by Crippen LogP contribution is -2.05. The Morgan fingerprint density at radius 1 is 1.82 bits per heavy atom. The Hall–Kier alpha value is -1.14. The van der Waals surface area contributed by atoms with Crippen LogP contribution in [-0.2, 0) is 0 Å². The van der Waals surface area contributed by atoms with Crippen molar-refractivity contribution in [2.45, 2.75) is 6.92 Å². The Morgan fingerprint density at radius 3 is 2.73 bits per heavy atom. The summed E-state index contributed by atoms with van der Waals surface area (Å²) in [5.74, 6) is 4.07. The Morgan fingerprint density at radius 2 is 2.45 bits per heavy atom. The summed E-state index contributed by atoms with van der Waals surface area (Å²) in [6, 6.07) is 0. The number of nitrogens with zero attached hydrogens (tertiary/aromatic N) is 1. The normalized spacial score (nSPS) is 9.64. The molecule has 1 aromatic rings. The Kier molecular flexibility index (Phi) is 2.06. The van der Waals surface area contributed by atoms with Crippen molar-refractivity contribution in [1.29, 1.82) is 0 Å². The van der Waals surface area contributed by atoms with Crippen LogP contribution in [0.5, 0.6) is 0 Å². The summed E-state index contributed by atoms with van der Waals surface area (Å²) >= 11 is 1.02. The fraction of sp³-hybridized carbons (Fsp3) is 0.200. The highest BCUT2D eigenvalue weighted by Crippen LogP contribution is 2.20. The van der Waals surface area contributed by atoms with Crippen LogP contribution in [0.4, 0.5) is 5.13 Å². The van der Waals surface area contributed by atoms with E-state index < -0.39 is 5.97 Å². The number of aromatic carboxylic acids is 1. The zero-order chi connectivity index (χ0) is 8.43. The number of hydrogen-bond acceptors (Lipinski definition) is 5. The number of nitrogen functional groups attached to an aromatic ring is 1. The number of carboxylic acids is 1. The summed E-state index contributed by atoms with van der Waals surface area (Å²) in [7, 11) is 0. The number of aryl methyl sites for hydroxylation is 1. The minimum atomic E-state index is -0.971. The number of hydrazine groups is 1. The molecule has 4 N–H and O–H groups in total. The van der Waals surface area contributed by atoms with Gasteiger partial charge in [0.15, 0.2) is 5.13 Å². The standard InChI is InChI=1S/C5H7N3O2S/c1-2-3(4(9)10)11-5(7-2)8-6/h6H2,1H3,(H,7,8)(H,9,10). The average molecular weight is 173 g/mol. The fourth-order valence-corrected chi connectivity index (χ4v) is 1.37. The maximum Gasteiger partial charge on any atom is 0.347 e. The molecule has 0 aliphatic carbocycles. The second-order valence-electron chi connectivity index (χ2n) is 1.88. The molecule has 1 rings (SSSR count). The van der Waals surface area contributed by atoms with Crippen LogP contribution in [0.2, 0.25) is 0 Å². The van der Waals surface area contributed by atoms with Crippen LogP contribution in [0, 0.1) is 6.92 Å². The topological polar surface area (TPSA) is 88.2 Å². The van der Waals surface area contributed by atoms with Crippen LogP contribution in [0.25, 0.3) is 0 Å². The number of nitrogens with two attached hydrogens (primary N) is 1. The molecule has 1 heterocycles. The largest absolute Gasteiger partial charge is 0.477 e. The van der Waals surface area contributed by atoms with Gasteiger partial charge >= 0.3 is 5.97 Å². The van der Waals surface area contributed by atoms with Crippen molar-refractivity contribution >= 4 is 22.4 Å². The molecular weight excluding hydrogens is 166 g/mol. The van der Waals surface area contributed by atoms with Crippen LogP contribution in [0.15, 0.2) is 0 Å². The molecule has 1 aromatic heterocycles. The molecule has 0 aromatic carbocycles. The first-order valence-corrected chi connectivity index (χ1v) is 3.64. The number of hydrogen-bond donors (Lipinski definition) is 3. The smallest absolute Gasteiger partial charge is 0.347 e. The van der Waals surface area contributed by atoms with Crippen molar-refractivity contribution in [3.63, 3.8) is 0 Å². The minimum Gasteiger partial charge on any atom is -0.477 e. The molecule has 0 atom stereocenters. The number of thiazole rings is 1. The van der Waals surface area contributed by atoms with Gasteiger partial charge in [0.2, 0.25) is 0 Å². The molecule has 0 spiro atoms. The molecule has 11 heavy (non-hydrogen) atoms. The third kappa shape index (κ3) is 1.47. The van der Waals surface area contributed by atoms with Gasteiger partial charge in [-0.25, -0.2) is 15.6 Å². The SMILES string of the molecule is Cc1nc(NN)sc1C(=O)O. The maximum absolute atomic E-state index is 10.5. The van der Waals surface area contributed by atoms with Crippen LogP contribution in [0.1, 0.15) is 15.4 Å². The van der Waals surface area contributed by atoms with Gasteiger partial charge in [-0.05, 0) is 6.92 Å². The maximum atomic E-state index is 10.5.